The second kappa shape index (κ2) is 16.7. The van der Waals surface area contributed by atoms with E-state index in [0.717, 1.165) is 32.1 Å². The maximum absolute atomic E-state index is 11.7. The molecule has 186 valence electrons. The van der Waals surface area contributed by atoms with Crippen LogP contribution in [-0.4, -0.2) is 57.3 Å². The summed E-state index contributed by atoms with van der Waals surface area (Å²) >= 11 is 0. The fourth-order valence-electron chi connectivity index (χ4n) is 4.46. The fourth-order valence-corrected chi connectivity index (χ4v) is 4.46. The molecule has 32 heavy (non-hydrogen) atoms. The molecule has 0 aromatic rings. The van der Waals surface area contributed by atoms with Gasteiger partial charge in [0.15, 0.2) is 12.1 Å². The summed E-state index contributed by atoms with van der Waals surface area (Å²) in [4.78, 5) is 35.1. The monoisotopic (exact) mass is 455 g/mol. The van der Waals surface area contributed by atoms with Crippen molar-refractivity contribution in [2.24, 2.45) is 0 Å². The van der Waals surface area contributed by atoms with Crippen molar-refractivity contribution in [1.82, 2.24) is 0 Å². The molecule has 0 saturated heterocycles. The molecule has 0 spiro atoms. The topological polar surface area (TPSA) is 115 Å². The maximum atomic E-state index is 11.7. The molecule has 7 heteroatoms. The molecule has 0 bridgehead atoms. The number of carbonyl (C=O) groups excluding carboxylic acids is 1. The van der Waals surface area contributed by atoms with Gasteiger partial charge in [0, 0.05) is 0 Å². The zero-order chi connectivity index (χ0) is 24.6. The van der Waals surface area contributed by atoms with Gasteiger partial charge in [0.05, 0.1) is 12.5 Å². The largest absolute Gasteiger partial charge is 0.544 e. The Bertz CT molecular complexity index is 539. The number of allylic oxidation sites excluding steroid dienone is 2. The Morgan fingerprint density at radius 2 is 1.12 bits per heavy atom. The molecule has 0 fully saturated rings. The SMILES string of the molecule is CCCC/C=C/CCCCCCCCCC[N+](C(C)C(=O)[O-])(C(C)C(=O)O)C(C)C(=O)O. The number of carbonyl (C=O) groups is 3. The zero-order valence-corrected chi connectivity index (χ0v) is 20.6. The molecule has 0 aromatic carbocycles. The van der Waals surface area contributed by atoms with Gasteiger partial charge in [0.2, 0.25) is 0 Å². The third-order valence-electron chi connectivity index (χ3n) is 6.78. The lowest BCUT2D eigenvalue weighted by molar-refractivity contribution is -0.969. The first-order valence-electron chi connectivity index (χ1n) is 12.3. The van der Waals surface area contributed by atoms with Crippen LogP contribution in [0.2, 0.25) is 0 Å². The van der Waals surface area contributed by atoms with Crippen LogP contribution in [-0.2, 0) is 14.4 Å². The lowest BCUT2D eigenvalue weighted by atomic mass is 10.00. The van der Waals surface area contributed by atoms with Crippen LogP contribution < -0.4 is 5.11 Å². The molecular weight excluding hydrogens is 410 g/mol. The van der Waals surface area contributed by atoms with Gasteiger partial charge in [-0.05, 0) is 52.9 Å². The van der Waals surface area contributed by atoms with E-state index in [0.29, 0.717) is 6.42 Å². The van der Waals surface area contributed by atoms with Crippen LogP contribution in [0.1, 0.15) is 105 Å². The lowest BCUT2D eigenvalue weighted by Crippen LogP contribution is -2.72. The van der Waals surface area contributed by atoms with Crippen molar-refractivity contribution in [3.63, 3.8) is 0 Å². The van der Waals surface area contributed by atoms with Gasteiger partial charge in [-0.2, -0.15) is 0 Å². The van der Waals surface area contributed by atoms with E-state index in [2.05, 4.69) is 19.1 Å². The molecule has 0 aliphatic rings. The van der Waals surface area contributed by atoms with Crippen LogP contribution in [0, 0.1) is 0 Å². The first kappa shape index (κ1) is 30.1. The Hall–Kier alpha value is -1.89. The minimum atomic E-state index is -1.42. The number of aliphatic carboxylic acids is 3. The molecule has 0 aromatic heterocycles. The van der Waals surface area contributed by atoms with E-state index < -0.39 is 40.5 Å². The molecule has 0 saturated carbocycles. The van der Waals surface area contributed by atoms with Crippen molar-refractivity contribution in [1.29, 1.82) is 0 Å². The van der Waals surface area contributed by atoms with Gasteiger partial charge in [-0.1, -0.05) is 64.0 Å². The molecule has 3 atom stereocenters. The van der Waals surface area contributed by atoms with Crippen molar-refractivity contribution < 1.29 is 34.2 Å². The van der Waals surface area contributed by atoms with Crippen molar-refractivity contribution in [2.75, 3.05) is 6.54 Å². The second-order valence-corrected chi connectivity index (χ2v) is 8.97. The molecule has 3 unspecified atom stereocenters. The first-order chi connectivity index (χ1) is 15.1. The number of rotatable bonds is 20. The molecule has 0 aliphatic carbocycles. The van der Waals surface area contributed by atoms with Crippen LogP contribution >= 0.6 is 0 Å². The predicted molar refractivity (Wildman–Crippen MR) is 124 cm³/mol. The Kier molecular flexibility index (Phi) is 15.7. The second-order valence-electron chi connectivity index (χ2n) is 8.97. The highest BCUT2D eigenvalue weighted by Gasteiger charge is 2.50. The number of carboxylic acids is 3. The van der Waals surface area contributed by atoms with Crippen LogP contribution in [0.15, 0.2) is 12.2 Å². The highest BCUT2D eigenvalue weighted by atomic mass is 16.4. The number of carboxylic acid groups (broad SMARTS) is 3. The van der Waals surface area contributed by atoms with Gasteiger partial charge in [-0.25, -0.2) is 9.59 Å². The number of hydrogen-bond acceptors (Lipinski definition) is 4. The van der Waals surface area contributed by atoms with Gasteiger partial charge in [0.1, 0.15) is 6.04 Å². The summed E-state index contributed by atoms with van der Waals surface area (Å²) in [6.07, 6.45) is 17.6. The van der Waals surface area contributed by atoms with Gasteiger partial charge in [0.25, 0.3) is 0 Å². The van der Waals surface area contributed by atoms with E-state index in [9.17, 15) is 29.7 Å². The third-order valence-corrected chi connectivity index (χ3v) is 6.78. The van der Waals surface area contributed by atoms with E-state index >= 15 is 0 Å². The normalized spacial score (nSPS) is 16.4. The summed E-state index contributed by atoms with van der Waals surface area (Å²) in [5, 5.41) is 30.8. The molecule has 0 radical (unpaired) electrons. The van der Waals surface area contributed by atoms with Crippen molar-refractivity contribution in [3.05, 3.63) is 12.2 Å². The summed E-state index contributed by atoms with van der Waals surface area (Å²) in [7, 11) is 0. The summed E-state index contributed by atoms with van der Waals surface area (Å²) in [6, 6.07) is -3.56. The van der Waals surface area contributed by atoms with Crippen LogP contribution in [0.3, 0.4) is 0 Å². The standard InChI is InChI=1S/C25H45NO6/c1-5-6-7-8-9-10-11-12-13-14-15-16-17-18-19-26(20(2)23(27)28,21(3)24(29)30)22(4)25(31)32/h8-9,20-22H,5-7,10-19H2,1-4H3,(H2-,27,28,29,30,31,32)/b9-8+. The van der Waals surface area contributed by atoms with Crippen molar-refractivity contribution in [3.8, 4) is 0 Å². The fraction of sp³-hybridized carbons (Fsp3) is 0.800. The Labute approximate surface area is 194 Å². The van der Waals surface area contributed by atoms with Gasteiger partial charge < -0.3 is 20.1 Å². The molecule has 0 amide bonds. The van der Waals surface area contributed by atoms with Crippen LogP contribution in [0.25, 0.3) is 0 Å². The molecule has 0 aliphatic heterocycles. The zero-order valence-electron chi connectivity index (χ0n) is 20.6. The van der Waals surface area contributed by atoms with E-state index in [-0.39, 0.29) is 6.54 Å². The number of nitrogens with zero attached hydrogens (tertiary/aromatic N) is 1. The average Bonchev–Trinajstić information content (AvgIpc) is 2.75. The van der Waals surface area contributed by atoms with Crippen molar-refractivity contribution >= 4 is 17.9 Å². The lowest BCUT2D eigenvalue weighted by Gasteiger charge is -2.49. The summed E-state index contributed by atoms with van der Waals surface area (Å²) in [6.45, 7) is 6.51. The number of quaternary nitrogens is 1. The van der Waals surface area contributed by atoms with Gasteiger partial charge in [-0.15, -0.1) is 0 Å². The number of hydrogen-bond donors (Lipinski definition) is 2. The Morgan fingerprint density at radius 3 is 1.53 bits per heavy atom. The molecule has 2 N–H and O–H groups in total. The van der Waals surface area contributed by atoms with Gasteiger partial charge >= 0.3 is 11.9 Å². The van der Waals surface area contributed by atoms with Gasteiger partial charge in [-0.3, -0.25) is 4.48 Å². The summed E-state index contributed by atoms with van der Waals surface area (Å²) < 4.78 is -0.543. The summed E-state index contributed by atoms with van der Waals surface area (Å²) in [5.74, 6) is -3.83. The van der Waals surface area contributed by atoms with E-state index in [4.69, 9.17) is 0 Å². The maximum Gasteiger partial charge on any atom is 0.362 e. The van der Waals surface area contributed by atoms with E-state index in [1.165, 1.54) is 59.3 Å². The summed E-state index contributed by atoms with van der Waals surface area (Å²) in [5.41, 5.74) is 0. The molecule has 7 nitrogen and oxygen atoms in total. The smallest absolute Gasteiger partial charge is 0.362 e. The predicted octanol–water partition coefficient (Wildman–Crippen LogP) is 4.15. The highest BCUT2D eigenvalue weighted by molar-refractivity contribution is 5.76. The molecule has 0 rings (SSSR count). The minimum absolute atomic E-state index is 0.181. The van der Waals surface area contributed by atoms with Crippen LogP contribution in [0.5, 0.6) is 0 Å². The molecular formula is C25H45NO6. The highest BCUT2D eigenvalue weighted by Crippen LogP contribution is 2.27. The molecule has 0 heterocycles. The Balaban J connectivity index is 4.52. The first-order valence-corrected chi connectivity index (χ1v) is 12.3. The quantitative estimate of drug-likeness (QED) is 0.162. The average molecular weight is 456 g/mol. The van der Waals surface area contributed by atoms with Crippen molar-refractivity contribution in [2.45, 2.75) is 123 Å². The number of unbranched alkanes of at least 4 members (excludes halogenated alkanes) is 10. The van der Waals surface area contributed by atoms with E-state index in [1.807, 2.05) is 0 Å². The Morgan fingerprint density at radius 1 is 0.719 bits per heavy atom. The minimum Gasteiger partial charge on any atom is -0.544 e. The van der Waals surface area contributed by atoms with E-state index in [1.54, 1.807) is 0 Å². The third kappa shape index (κ3) is 10.2. The van der Waals surface area contributed by atoms with Crippen LogP contribution in [0.4, 0.5) is 0 Å².